The van der Waals surface area contributed by atoms with Gasteiger partial charge in [-0.2, -0.15) is 0 Å². The molecule has 3 aromatic carbocycles. The van der Waals surface area contributed by atoms with Gasteiger partial charge in [-0.3, -0.25) is 4.72 Å². The molecule has 0 spiro atoms. The first kappa shape index (κ1) is 20.7. The van der Waals surface area contributed by atoms with Crippen molar-refractivity contribution in [3.63, 3.8) is 0 Å². The molecule has 0 radical (unpaired) electrons. The first-order valence-electron chi connectivity index (χ1n) is 9.60. The third-order valence-electron chi connectivity index (χ3n) is 5.42. The Bertz CT molecular complexity index is 1210. The van der Waals surface area contributed by atoms with E-state index in [-0.39, 0.29) is 16.4 Å². The summed E-state index contributed by atoms with van der Waals surface area (Å²) in [6.45, 7) is 4.33. The first-order chi connectivity index (χ1) is 14.2. The van der Waals surface area contributed by atoms with Crippen molar-refractivity contribution >= 4 is 33.0 Å². The summed E-state index contributed by atoms with van der Waals surface area (Å²) in [5.74, 6) is -0.785. The zero-order chi connectivity index (χ0) is 21.5. The van der Waals surface area contributed by atoms with Crippen LogP contribution in [-0.4, -0.2) is 8.42 Å². The van der Waals surface area contributed by atoms with Gasteiger partial charge in [-0.1, -0.05) is 49.7 Å². The standard InChI is InChI=1S/C23H22ClFN2O2S/c1-23(2)14-21(26-20-11-10-16(24)13-18(20)23)15-6-5-7-17(12-15)27-30(28,29)22-9-4-3-8-19(22)25/h3-13,21,26-27H,14H2,1-2H3. The lowest BCUT2D eigenvalue weighted by Gasteiger charge is -2.39. The van der Waals surface area contributed by atoms with Crippen molar-refractivity contribution in [2.24, 2.45) is 0 Å². The Morgan fingerprint density at radius 1 is 1.07 bits per heavy atom. The van der Waals surface area contributed by atoms with Gasteiger partial charge in [0.15, 0.2) is 0 Å². The number of hydrogen-bond acceptors (Lipinski definition) is 3. The molecule has 4 nitrogen and oxygen atoms in total. The van der Waals surface area contributed by atoms with E-state index >= 15 is 0 Å². The Labute approximate surface area is 181 Å². The molecule has 2 N–H and O–H groups in total. The van der Waals surface area contributed by atoms with Crippen molar-refractivity contribution in [3.05, 3.63) is 88.7 Å². The van der Waals surface area contributed by atoms with Gasteiger partial charge in [-0.05, 0) is 65.4 Å². The van der Waals surface area contributed by atoms with Crippen LogP contribution in [0.2, 0.25) is 5.02 Å². The molecule has 7 heteroatoms. The molecule has 1 unspecified atom stereocenters. The van der Waals surface area contributed by atoms with E-state index in [2.05, 4.69) is 23.9 Å². The maximum Gasteiger partial charge on any atom is 0.264 e. The molecule has 1 aliphatic heterocycles. The summed E-state index contributed by atoms with van der Waals surface area (Å²) in [4.78, 5) is -0.377. The predicted octanol–water partition coefficient (Wildman–Crippen LogP) is 6.11. The number of rotatable bonds is 4. The predicted molar refractivity (Wildman–Crippen MR) is 119 cm³/mol. The van der Waals surface area contributed by atoms with Crippen molar-refractivity contribution in [3.8, 4) is 0 Å². The fraction of sp³-hybridized carbons (Fsp3) is 0.217. The molecule has 1 atom stereocenters. The lowest BCUT2D eigenvalue weighted by atomic mass is 9.74. The molecular weight excluding hydrogens is 423 g/mol. The third kappa shape index (κ3) is 4.02. The number of anilines is 2. The highest BCUT2D eigenvalue weighted by atomic mass is 35.5. The fourth-order valence-electron chi connectivity index (χ4n) is 3.95. The van der Waals surface area contributed by atoms with E-state index in [0.717, 1.165) is 29.3 Å². The molecule has 0 amide bonds. The van der Waals surface area contributed by atoms with Gasteiger partial charge >= 0.3 is 0 Å². The van der Waals surface area contributed by atoms with E-state index in [1.807, 2.05) is 24.3 Å². The molecule has 0 saturated heterocycles. The Morgan fingerprint density at radius 2 is 1.83 bits per heavy atom. The van der Waals surface area contributed by atoms with Gasteiger partial charge in [-0.25, -0.2) is 12.8 Å². The molecule has 0 aromatic heterocycles. The van der Waals surface area contributed by atoms with Gasteiger partial charge in [0.2, 0.25) is 0 Å². The van der Waals surface area contributed by atoms with Crippen LogP contribution in [0.4, 0.5) is 15.8 Å². The number of benzene rings is 3. The van der Waals surface area contributed by atoms with Gasteiger partial charge in [-0.15, -0.1) is 0 Å². The van der Waals surface area contributed by atoms with Crippen LogP contribution in [-0.2, 0) is 15.4 Å². The smallest absolute Gasteiger partial charge is 0.264 e. The summed E-state index contributed by atoms with van der Waals surface area (Å²) in [6.07, 6.45) is 0.809. The topological polar surface area (TPSA) is 58.2 Å². The molecule has 0 bridgehead atoms. The second-order valence-electron chi connectivity index (χ2n) is 8.14. The van der Waals surface area contributed by atoms with Crippen molar-refractivity contribution in [1.82, 2.24) is 0 Å². The van der Waals surface area contributed by atoms with Crippen LogP contribution in [0.25, 0.3) is 0 Å². The van der Waals surface area contributed by atoms with Crippen molar-refractivity contribution < 1.29 is 12.8 Å². The van der Waals surface area contributed by atoms with Crippen LogP contribution in [0.5, 0.6) is 0 Å². The minimum Gasteiger partial charge on any atom is -0.378 e. The van der Waals surface area contributed by atoms with Crippen LogP contribution in [0.15, 0.2) is 71.6 Å². The average molecular weight is 445 g/mol. The van der Waals surface area contributed by atoms with Crippen LogP contribution in [0, 0.1) is 5.82 Å². The highest BCUT2D eigenvalue weighted by molar-refractivity contribution is 7.92. The van der Waals surface area contributed by atoms with E-state index in [9.17, 15) is 12.8 Å². The van der Waals surface area contributed by atoms with E-state index < -0.39 is 15.8 Å². The molecule has 4 rings (SSSR count). The molecule has 1 heterocycles. The molecule has 0 saturated carbocycles. The van der Waals surface area contributed by atoms with E-state index in [0.29, 0.717) is 10.7 Å². The zero-order valence-corrected chi connectivity index (χ0v) is 18.2. The summed E-state index contributed by atoms with van der Waals surface area (Å²) in [7, 11) is -4.03. The highest BCUT2D eigenvalue weighted by Gasteiger charge is 2.33. The van der Waals surface area contributed by atoms with Gasteiger partial charge in [0, 0.05) is 16.4 Å². The fourth-order valence-corrected chi connectivity index (χ4v) is 5.26. The molecule has 0 aliphatic carbocycles. The summed E-state index contributed by atoms with van der Waals surface area (Å²) in [5.41, 5.74) is 3.38. The summed E-state index contributed by atoms with van der Waals surface area (Å²) in [6, 6.07) is 18.3. The Hall–Kier alpha value is -2.57. The Morgan fingerprint density at radius 3 is 2.60 bits per heavy atom. The number of hydrogen-bond donors (Lipinski definition) is 2. The van der Waals surface area contributed by atoms with Gasteiger partial charge in [0.25, 0.3) is 10.0 Å². The van der Waals surface area contributed by atoms with Crippen molar-refractivity contribution in [1.29, 1.82) is 0 Å². The molecule has 156 valence electrons. The number of sulfonamides is 1. The molecular formula is C23H22ClFN2O2S. The van der Waals surface area contributed by atoms with Crippen LogP contribution >= 0.6 is 11.6 Å². The SMILES string of the molecule is CC1(C)CC(c2cccc(NS(=O)(=O)c3ccccc3F)c2)Nc2ccc(Cl)cc21. The summed E-state index contributed by atoms with van der Waals surface area (Å²) in [5, 5.41) is 4.23. The lowest BCUT2D eigenvalue weighted by molar-refractivity contribution is 0.427. The van der Waals surface area contributed by atoms with Crippen LogP contribution in [0.1, 0.15) is 37.4 Å². The minimum absolute atomic E-state index is 0.00779. The minimum atomic E-state index is -4.03. The third-order valence-corrected chi connectivity index (χ3v) is 7.07. The van der Waals surface area contributed by atoms with E-state index in [1.54, 1.807) is 18.2 Å². The Balaban J connectivity index is 1.63. The quantitative estimate of drug-likeness (QED) is 0.510. The molecule has 1 aliphatic rings. The molecule has 3 aromatic rings. The number of fused-ring (bicyclic) bond motifs is 1. The average Bonchev–Trinajstić information content (AvgIpc) is 2.68. The molecule has 30 heavy (non-hydrogen) atoms. The van der Waals surface area contributed by atoms with E-state index in [1.165, 1.54) is 18.2 Å². The Kier molecular flexibility index (Phi) is 5.24. The largest absolute Gasteiger partial charge is 0.378 e. The van der Waals surface area contributed by atoms with E-state index in [4.69, 9.17) is 11.6 Å². The lowest BCUT2D eigenvalue weighted by Crippen LogP contribution is -2.31. The highest BCUT2D eigenvalue weighted by Crippen LogP contribution is 2.45. The van der Waals surface area contributed by atoms with Gasteiger partial charge in [0.05, 0.1) is 6.04 Å². The maximum atomic E-state index is 14.0. The zero-order valence-electron chi connectivity index (χ0n) is 16.6. The second-order valence-corrected chi connectivity index (χ2v) is 10.2. The van der Waals surface area contributed by atoms with Crippen LogP contribution < -0.4 is 10.0 Å². The van der Waals surface area contributed by atoms with Gasteiger partial charge < -0.3 is 5.32 Å². The van der Waals surface area contributed by atoms with Crippen molar-refractivity contribution in [2.75, 3.05) is 10.0 Å². The first-order valence-corrected chi connectivity index (χ1v) is 11.5. The number of halogens is 2. The van der Waals surface area contributed by atoms with Crippen molar-refractivity contribution in [2.45, 2.75) is 36.6 Å². The summed E-state index contributed by atoms with van der Waals surface area (Å²) >= 11 is 6.18. The van der Waals surface area contributed by atoms with Crippen LogP contribution in [0.3, 0.4) is 0 Å². The number of nitrogens with one attached hydrogen (secondary N) is 2. The van der Waals surface area contributed by atoms with Gasteiger partial charge in [0.1, 0.15) is 10.7 Å². The normalized spacial score (nSPS) is 17.7. The monoisotopic (exact) mass is 444 g/mol. The maximum absolute atomic E-state index is 14.0. The molecule has 0 fully saturated rings. The summed E-state index contributed by atoms with van der Waals surface area (Å²) < 4.78 is 41.7. The second kappa shape index (κ2) is 7.60.